The Labute approximate surface area is 140 Å². The van der Waals surface area contributed by atoms with E-state index in [0.29, 0.717) is 0 Å². The van der Waals surface area contributed by atoms with E-state index in [0.717, 1.165) is 25.9 Å². The maximum absolute atomic E-state index is 11.2. The molecule has 0 spiro atoms. The highest BCUT2D eigenvalue weighted by Gasteiger charge is 2.31. The molecule has 0 amide bonds. The zero-order valence-electron chi connectivity index (χ0n) is 13.5. The summed E-state index contributed by atoms with van der Waals surface area (Å²) in [7, 11) is 0. The van der Waals surface area contributed by atoms with Crippen LogP contribution in [0.2, 0.25) is 0 Å². The van der Waals surface area contributed by atoms with Crippen LogP contribution in [-0.2, 0) is 4.79 Å². The van der Waals surface area contributed by atoms with Gasteiger partial charge in [0.15, 0.2) is 0 Å². The van der Waals surface area contributed by atoms with Gasteiger partial charge in [0, 0.05) is 22.1 Å². The Morgan fingerprint density at radius 1 is 1.30 bits per heavy atom. The summed E-state index contributed by atoms with van der Waals surface area (Å²) in [6.07, 6.45) is 5.20. The molecule has 23 heavy (non-hydrogen) atoms. The number of piperidine rings is 1. The van der Waals surface area contributed by atoms with Crippen molar-refractivity contribution in [1.82, 2.24) is 9.88 Å². The number of carboxylic acid groups (broad SMARTS) is 1. The minimum atomic E-state index is -0.659. The fraction of sp³-hybridized carbons (Fsp3) is 0.444. The predicted molar refractivity (Wildman–Crippen MR) is 91.8 cm³/mol. The molecule has 1 fully saturated rings. The van der Waals surface area contributed by atoms with Crippen LogP contribution in [0.4, 0.5) is 0 Å². The predicted octanol–water partition coefficient (Wildman–Crippen LogP) is 3.65. The van der Waals surface area contributed by atoms with E-state index in [1.54, 1.807) is 0 Å². The van der Waals surface area contributed by atoms with Crippen molar-refractivity contribution in [3.8, 4) is 0 Å². The summed E-state index contributed by atoms with van der Waals surface area (Å²) in [5.74, 6) is -0.858. The minimum absolute atomic E-state index is 0.199. The number of aryl methyl sites for hydroxylation is 2. The normalized spacial score (nSPS) is 18.0. The second kappa shape index (κ2) is 6.81. The molecule has 3 heterocycles. The van der Waals surface area contributed by atoms with E-state index in [9.17, 15) is 9.90 Å². The molecular weight excluding hydrogens is 308 g/mol. The van der Waals surface area contributed by atoms with Crippen molar-refractivity contribution < 1.29 is 9.90 Å². The molecule has 3 rings (SSSR count). The van der Waals surface area contributed by atoms with Crippen molar-refractivity contribution in [3.05, 3.63) is 51.5 Å². The van der Waals surface area contributed by atoms with Crippen LogP contribution in [0.1, 0.15) is 39.8 Å². The van der Waals surface area contributed by atoms with Gasteiger partial charge in [0.05, 0.1) is 12.0 Å². The second-order valence-electron chi connectivity index (χ2n) is 6.23. The van der Waals surface area contributed by atoms with E-state index in [1.807, 2.05) is 23.7 Å². The lowest BCUT2D eigenvalue weighted by Gasteiger charge is -2.37. The first kappa shape index (κ1) is 16.1. The number of thiophene rings is 1. The molecule has 1 unspecified atom stereocenters. The standard InChI is InChI=1S/C18H22N2O2S/c1-12-11-19-8-5-15(12)17(16-4-3-13(2)23-16)20-9-6-14(7-10-20)18(21)22/h3-5,8,11,14,17H,6-7,9-10H2,1-2H3,(H,21,22). The molecule has 2 aromatic rings. The Morgan fingerprint density at radius 3 is 2.61 bits per heavy atom. The van der Waals surface area contributed by atoms with Gasteiger partial charge in [0.25, 0.3) is 0 Å². The van der Waals surface area contributed by atoms with E-state index < -0.39 is 5.97 Å². The van der Waals surface area contributed by atoms with Gasteiger partial charge in [-0.05, 0) is 69.1 Å². The van der Waals surface area contributed by atoms with Crippen LogP contribution >= 0.6 is 11.3 Å². The minimum Gasteiger partial charge on any atom is -0.481 e. The van der Waals surface area contributed by atoms with Gasteiger partial charge in [-0.2, -0.15) is 0 Å². The maximum atomic E-state index is 11.2. The fourth-order valence-electron chi connectivity index (χ4n) is 3.33. The number of nitrogens with zero attached hydrogens (tertiary/aromatic N) is 2. The first-order valence-corrected chi connectivity index (χ1v) is 8.81. The number of aromatic nitrogens is 1. The molecule has 0 aromatic carbocycles. The molecule has 1 aliphatic rings. The molecule has 0 radical (unpaired) electrons. The monoisotopic (exact) mass is 330 g/mol. The van der Waals surface area contributed by atoms with Gasteiger partial charge in [-0.15, -0.1) is 11.3 Å². The number of aliphatic carboxylic acids is 1. The first-order chi connectivity index (χ1) is 11.1. The topological polar surface area (TPSA) is 53.4 Å². The number of pyridine rings is 1. The molecule has 1 atom stereocenters. The number of hydrogen-bond acceptors (Lipinski definition) is 4. The van der Waals surface area contributed by atoms with Gasteiger partial charge in [-0.3, -0.25) is 14.7 Å². The number of likely N-dealkylation sites (tertiary alicyclic amines) is 1. The molecule has 0 saturated carbocycles. The lowest BCUT2D eigenvalue weighted by Crippen LogP contribution is -2.39. The Kier molecular flexibility index (Phi) is 4.78. The average Bonchev–Trinajstić information content (AvgIpc) is 2.96. The molecular formula is C18H22N2O2S. The molecule has 1 saturated heterocycles. The van der Waals surface area contributed by atoms with E-state index >= 15 is 0 Å². The van der Waals surface area contributed by atoms with E-state index in [2.05, 4.69) is 41.9 Å². The largest absolute Gasteiger partial charge is 0.481 e. The van der Waals surface area contributed by atoms with Gasteiger partial charge >= 0.3 is 5.97 Å². The Balaban J connectivity index is 1.91. The average molecular weight is 330 g/mol. The van der Waals surface area contributed by atoms with Gasteiger partial charge in [0.1, 0.15) is 0 Å². The van der Waals surface area contributed by atoms with Gasteiger partial charge < -0.3 is 5.11 Å². The highest BCUT2D eigenvalue weighted by molar-refractivity contribution is 7.12. The van der Waals surface area contributed by atoms with Crippen molar-refractivity contribution in [1.29, 1.82) is 0 Å². The zero-order valence-corrected chi connectivity index (χ0v) is 14.3. The van der Waals surface area contributed by atoms with Crippen LogP contribution in [0, 0.1) is 19.8 Å². The van der Waals surface area contributed by atoms with E-state index in [1.165, 1.54) is 20.9 Å². The van der Waals surface area contributed by atoms with Crippen LogP contribution < -0.4 is 0 Å². The molecule has 5 heteroatoms. The van der Waals surface area contributed by atoms with Crippen molar-refractivity contribution >= 4 is 17.3 Å². The third kappa shape index (κ3) is 3.46. The van der Waals surface area contributed by atoms with Crippen LogP contribution in [0.5, 0.6) is 0 Å². The number of hydrogen-bond donors (Lipinski definition) is 1. The number of rotatable bonds is 4. The van der Waals surface area contributed by atoms with Crippen LogP contribution in [0.25, 0.3) is 0 Å². The summed E-state index contributed by atoms with van der Waals surface area (Å²) in [6, 6.07) is 6.66. The molecule has 0 bridgehead atoms. The smallest absolute Gasteiger partial charge is 0.306 e. The molecule has 1 aliphatic heterocycles. The van der Waals surface area contributed by atoms with Crippen molar-refractivity contribution in [2.75, 3.05) is 13.1 Å². The lowest BCUT2D eigenvalue weighted by atomic mass is 9.93. The van der Waals surface area contributed by atoms with Crippen molar-refractivity contribution in [2.24, 2.45) is 5.92 Å². The Morgan fingerprint density at radius 2 is 2.04 bits per heavy atom. The van der Waals surface area contributed by atoms with E-state index in [4.69, 9.17) is 0 Å². The zero-order chi connectivity index (χ0) is 16.4. The van der Waals surface area contributed by atoms with Gasteiger partial charge in [0.2, 0.25) is 0 Å². The van der Waals surface area contributed by atoms with Crippen molar-refractivity contribution in [3.63, 3.8) is 0 Å². The Bertz CT molecular complexity index is 690. The summed E-state index contributed by atoms with van der Waals surface area (Å²) in [4.78, 5) is 20.5. The fourth-order valence-corrected chi connectivity index (χ4v) is 4.36. The maximum Gasteiger partial charge on any atom is 0.306 e. The third-order valence-corrected chi connectivity index (χ3v) is 5.69. The van der Waals surface area contributed by atoms with E-state index in [-0.39, 0.29) is 12.0 Å². The summed E-state index contributed by atoms with van der Waals surface area (Å²) >= 11 is 1.82. The summed E-state index contributed by atoms with van der Waals surface area (Å²) in [6.45, 7) is 5.86. The highest BCUT2D eigenvalue weighted by atomic mass is 32.1. The lowest BCUT2D eigenvalue weighted by molar-refractivity contribution is -0.143. The second-order valence-corrected chi connectivity index (χ2v) is 7.55. The van der Waals surface area contributed by atoms with Gasteiger partial charge in [-0.1, -0.05) is 0 Å². The molecule has 2 aromatic heterocycles. The third-order valence-electron chi connectivity index (χ3n) is 4.63. The first-order valence-electron chi connectivity index (χ1n) is 8.00. The molecule has 4 nitrogen and oxygen atoms in total. The van der Waals surface area contributed by atoms with Crippen LogP contribution in [-0.4, -0.2) is 34.0 Å². The Hall–Kier alpha value is -1.72. The molecule has 122 valence electrons. The van der Waals surface area contributed by atoms with Crippen LogP contribution in [0.3, 0.4) is 0 Å². The van der Waals surface area contributed by atoms with Gasteiger partial charge in [-0.25, -0.2) is 0 Å². The highest BCUT2D eigenvalue weighted by Crippen LogP contribution is 2.36. The molecule has 0 aliphatic carbocycles. The summed E-state index contributed by atoms with van der Waals surface area (Å²) in [5, 5.41) is 9.22. The number of carboxylic acids is 1. The summed E-state index contributed by atoms with van der Waals surface area (Å²) in [5.41, 5.74) is 2.46. The van der Waals surface area contributed by atoms with Crippen molar-refractivity contribution in [2.45, 2.75) is 32.7 Å². The SMILES string of the molecule is Cc1ccc(C(c2ccncc2C)N2CCC(C(=O)O)CC2)s1. The summed E-state index contributed by atoms with van der Waals surface area (Å²) < 4.78 is 0. The molecule has 1 N–H and O–H groups in total. The quantitative estimate of drug-likeness (QED) is 0.930. The van der Waals surface area contributed by atoms with Crippen LogP contribution in [0.15, 0.2) is 30.6 Å². The number of carbonyl (C=O) groups is 1.